The highest BCUT2D eigenvalue weighted by atomic mass is 35.5. The van der Waals surface area contributed by atoms with E-state index in [0.29, 0.717) is 17.3 Å². The van der Waals surface area contributed by atoms with Crippen LogP contribution in [0.15, 0.2) is 18.2 Å². The molecule has 0 heterocycles. The predicted molar refractivity (Wildman–Crippen MR) is 78.4 cm³/mol. The van der Waals surface area contributed by atoms with Crippen molar-refractivity contribution >= 4 is 23.4 Å². The third-order valence-corrected chi connectivity index (χ3v) is 2.63. The molecule has 0 atom stereocenters. The number of anilines is 1. The molecule has 0 aliphatic heterocycles. The maximum Gasteiger partial charge on any atom is 0.407 e. The molecule has 0 saturated heterocycles. The summed E-state index contributed by atoms with van der Waals surface area (Å²) in [4.78, 5) is 11.4. The Balaban J connectivity index is 2.29. The number of nitrogens with two attached hydrogens (primary N) is 1. The topological polar surface area (TPSA) is 64.3 Å². The van der Waals surface area contributed by atoms with Crippen LogP contribution < -0.4 is 11.1 Å². The average Bonchev–Trinajstić information content (AvgIpc) is 2.24. The number of alkyl carbamates (subject to hydrolysis) is 1. The van der Waals surface area contributed by atoms with Crippen molar-refractivity contribution in [3.63, 3.8) is 0 Å². The fourth-order valence-electron chi connectivity index (χ4n) is 1.58. The third-order valence-electron chi connectivity index (χ3n) is 2.40. The van der Waals surface area contributed by atoms with Crippen molar-refractivity contribution in [1.29, 1.82) is 0 Å². The molecule has 0 aromatic heterocycles. The van der Waals surface area contributed by atoms with Gasteiger partial charge < -0.3 is 15.8 Å². The molecule has 0 radical (unpaired) electrons. The molecule has 1 aromatic rings. The van der Waals surface area contributed by atoms with Gasteiger partial charge in [-0.3, -0.25) is 0 Å². The summed E-state index contributed by atoms with van der Waals surface area (Å²) in [5.74, 6) is 0. The Kier molecular flexibility index (Phi) is 5.48. The van der Waals surface area contributed by atoms with Gasteiger partial charge in [-0.25, -0.2) is 4.79 Å². The monoisotopic (exact) mass is 284 g/mol. The van der Waals surface area contributed by atoms with Crippen molar-refractivity contribution in [2.45, 2.75) is 39.2 Å². The lowest BCUT2D eigenvalue weighted by Crippen LogP contribution is -2.33. The molecule has 106 valence electrons. The molecule has 0 fully saturated rings. The van der Waals surface area contributed by atoms with Gasteiger partial charge >= 0.3 is 6.09 Å². The fourth-order valence-corrected chi connectivity index (χ4v) is 1.76. The van der Waals surface area contributed by atoms with Gasteiger partial charge in [0, 0.05) is 17.3 Å². The van der Waals surface area contributed by atoms with Crippen LogP contribution in [0.3, 0.4) is 0 Å². The minimum atomic E-state index is -0.468. The fraction of sp³-hybridized carbons (Fsp3) is 0.500. The van der Waals surface area contributed by atoms with E-state index in [4.69, 9.17) is 22.1 Å². The zero-order chi connectivity index (χ0) is 14.5. The van der Waals surface area contributed by atoms with E-state index in [1.807, 2.05) is 32.9 Å². The maximum atomic E-state index is 11.4. The molecule has 1 aromatic carbocycles. The molecule has 3 N–H and O–H groups in total. The van der Waals surface area contributed by atoms with E-state index in [0.717, 1.165) is 18.4 Å². The summed E-state index contributed by atoms with van der Waals surface area (Å²) in [6, 6.07) is 5.46. The number of aryl methyl sites for hydroxylation is 1. The standard InChI is InChI=1S/C14H21ClN2O2/c1-14(2,3)19-13(18)17-8-4-5-10-6-7-11(15)9-12(10)16/h6-7,9H,4-5,8,16H2,1-3H3,(H,17,18). The number of carbonyl (C=O) groups is 1. The predicted octanol–water partition coefficient (Wildman–Crippen LogP) is 3.38. The molecule has 0 aliphatic rings. The van der Waals surface area contributed by atoms with Crippen molar-refractivity contribution in [3.05, 3.63) is 28.8 Å². The number of rotatable bonds is 4. The SMILES string of the molecule is CC(C)(C)OC(=O)NCCCc1ccc(Cl)cc1N. The van der Waals surface area contributed by atoms with Crippen LogP contribution in [0.2, 0.25) is 5.02 Å². The Morgan fingerprint density at radius 3 is 2.68 bits per heavy atom. The van der Waals surface area contributed by atoms with Crippen LogP contribution in [-0.4, -0.2) is 18.2 Å². The van der Waals surface area contributed by atoms with Crippen molar-refractivity contribution in [1.82, 2.24) is 5.32 Å². The van der Waals surface area contributed by atoms with Crippen molar-refractivity contribution in [3.8, 4) is 0 Å². The summed E-state index contributed by atoms with van der Waals surface area (Å²) in [7, 11) is 0. The summed E-state index contributed by atoms with van der Waals surface area (Å²) in [6.07, 6.45) is 1.20. The number of halogens is 1. The van der Waals surface area contributed by atoms with Gasteiger partial charge in [0.05, 0.1) is 0 Å². The molecule has 1 rings (SSSR count). The quantitative estimate of drug-likeness (QED) is 0.658. The molecule has 0 saturated carbocycles. The second-order valence-electron chi connectivity index (χ2n) is 5.38. The van der Waals surface area contributed by atoms with E-state index in [9.17, 15) is 4.79 Å². The number of amides is 1. The zero-order valence-corrected chi connectivity index (χ0v) is 12.4. The van der Waals surface area contributed by atoms with Gasteiger partial charge in [0.2, 0.25) is 0 Å². The van der Waals surface area contributed by atoms with E-state index in [2.05, 4.69) is 5.32 Å². The van der Waals surface area contributed by atoms with Crippen molar-refractivity contribution in [2.75, 3.05) is 12.3 Å². The summed E-state index contributed by atoms with van der Waals surface area (Å²) >= 11 is 5.83. The van der Waals surface area contributed by atoms with Gasteiger partial charge in [0.1, 0.15) is 5.60 Å². The highest BCUT2D eigenvalue weighted by molar-refractivity contribution is 6.30. The number of ether oxygens (including phenoxy) is 1. The number of nitrogen functional groups attached to an aromatic ring is 1. The Hall–Kier alpha value is -1.42. The van der Waals surface area contributed by atoms with Crippen LogP contribution in [0.25, 0.3) is 0 Å². The molecule has 0 aliphatic carbocycles. The molecular weight excluding hydrogens is 264 g/mol. The van der Waals surface area contributed by atoms with Gasteiger partial charge in [0.15, 0.2) is 0 Å². The van der Waals surface area contributed by atoms with E-state index in [1.165, 1.54) is 0 Å². The minimum Gasteiger partial charge on any atom is -0.444 e. The lowest BCUT2D eigenvalue weighted by atomic mass is 10.1. The Labute approximate surface area is 119 Å². The van der Waals surface area contributed by atoms with Crippen molar-refractivity contribution < 1.29 is 9.53 Å². The average molecular weight is 285 g/mol. The lowest BCUT2D eigenvalue weighted by Gasteiger charge is -2.19. The van der Waals surface area contributed by atoms with Crippen molar-refractivity contribution in [2.24, 2.45) is 0 Å². The van der Waals surface area contributed by atoms with E-state index >= 15 is 0 Å². The number of hydrogen-bond acceptors (Lipinski definition) is 3. The number of carbonyl (C=O) groups excluding carboxylic acids is 1. The number of benzene rings is 1. The van der Waals surface area contributed by atoms with Gasteiger partial charge in [-0.15, -0.1) is 0 Å². The van der Waals surface area contributed by atoms with Gasteiger partial charge in [-0.2, -0.15) is 0 Å². The summed E-state index contributed by atoms with van der Waals surface area (Å²) in [5, 5.41) is 3.34. The van der Waals surface area contributed by atoms with E-state index in [-0.39, 0.29) is 0 Å². The first-order valence-electron chi connectivity index (χ1n) is 6.29. The molecule has 0 unspecified atom stereocenters. The van der Waals surface area contributed by atoms with Crippen LogP contribution in [0.1, 0.15) is 32.8 Å². The minimum absolute atomic E-state index is 0.392. The second-order valence-corrected chi connectivity index (χ2v) is 5.81. The molecule has 0 spiro atoms. The molecule has 1 amide bonds. The maximum absolute atomic E-state index is 11.4. The van der Waals surface area contributed by atoms with Crippen LogP contribution in [0, 0.1) is 0 Å². The van der Waals surface area contributed by atoms with Crippen LogP contribution in [0.5, 0.6) is 0 Å². The normalized spacial score (nSPS) is 11.2. The van der Waals surface area contributed by atoms with Gasteiger partial charge in [-0.1, -0.05) is 17.7 Å². The Morgan fingerprint density at radius 1 is 1.42 bits per heavy atom. The highest BCUT2D eigenvalue weighted by Crippen LogP contribution is 2.19. The first-order valence-corrected chi connectivity index (χ1v) is 6.66. The summed E-state index contributed by atoms with van der Waals surface area (Å²) in [6.45, 7) is 6.06. The molecule has 5 heteroatoms. The first kappa shape index (κ1) is 15.6. The van der Waals surface area contributed by atoms with Crippen LogP contribution in [-0.2, 0) is 11.2 Å². The molecule has 19 heavy (non-hydrogen) atoms. The molecular formula is C14H21ClN2O2. The lowest BCUT2D eigenvalue weighted by molar-refractivity contribution is 0.0527. The smallest absolute Gasteiger partial charge is 0.407 e. The molecule has 0 bridgehead atoms. The van der Waals surface area contributed by atoms with Gasteiger partial charge in [-0.05, 0) is 51.3 Å². The second kappa shape index (κ2) is 6.66. The van der Waals surface area contributed by atoms with Crippen LogP contribution in [0.4, 0.5) is 10.5 Å². The van der Waals surface area contributed by atoms with Crippen LogP contribution >= 0.6 is 11.6 Å². The largest absolute Gasteiger partial charge is 0.444 e. The van der Waals surface area contributed by atoms with E-state index in [1.54, 1.807) is 6.07 Å². The highest BCUT2D eigenvalue weighted by Gasteiger charge is 2.15. The molecule has 4 nitrogen and oxygen atoms in total. The number of hydrogen-bond donors (Lipinski definition) is 2. The number of nitrogens with one attached hydrogen (secondary N) is 1. The van der Waals surface area contributed by atoms with Gasteiger partial charge in [0.25, 0.3) is 0 Å². The Bertz CT molecular complexity index is 442. The zero-order valence-electron chi connectivity index (χ0n) is 11.6. The first-order chi connectivity index (χ1) is 8.78. The third kappa shape index (κ3) is 6.34. The summed E-state index contributed by atoms with van der Waals surface area (Å²) in [5.41, 5.74) is 7.10. The van der Waals surface area contributed by atoms with E-state index < -0.39 is 11.7 Å². The Morgan fingerprint density at radius 2 is 2.11 bits per heavy atom. The summed E-state index contributed by atoms with van der Waals surface area (Å²) < 4.78 is 5.14.